The van der Waals surface area contributed by atoms with Gasteiger partial charge in [0, 0.05) is 18.3 Å². The predicted octanol–water partition coefficient (Wildman–Crippen LogP) is 2.79. The molecule has 1 aromatic rings. The minimum Gasteiger partial charge on any atom is -0.393 e. The van der Waals surface area contributed by atoms with Crippen molar-refractivity contribution in [2.75, 3.05) is 11.9 Å². The van der Waals surface area contributed by atoms with Gasteiger partial charge in [-0.15, -0.1) is 0 Å². The summed E-state index contributed by atoms with van der Waals surface area (Å²) in [6, 6.07) is 7.90. The van der Waals surface area contributed by atoms with Gasteiger partial charge in [-0.1, -0.05) is 12.1 Å². The van der Waals surface area contributed by atoms with Crippen molar-refractivity contribution in [3.05, 3.63) is 29.8 Å². The summed E-state index contributed by atoms with van der Waals surface area (Å²) in [6.07, 6.45) is 3.55. The molecule has 0 heterocycles. The molecule has 1 aromatic carbocycles. The van der Waals surface area contributed by atoms with Crippen LogP contribution in [-0.2, 0) is 0 Å². The zero-order chi connectivity index (χ0) is 15.2. The molecule has 0 aliphatic heterocycles. The Bertz CT molecular complexity index is 466. The van der Waals surface area contributed by atoms with Crippen LogP contribution in [0.1, 0.15) is 49.9 Å². The van der Waals surface area contributed by atoms with Crippen LogP contribution in [0.25, 0.3) is 0 Å². The molecular formula is C17H26N2O2. The van der Waals surface area contributed by atoms with Crippen molar-refractivity contribution in [2.24, 2.45) is 5.92 Å². The topological polar surface area (TPSA) is 61.4 Å². The molecule has 1 amide bonds. The van der Waals surface area contributed by atoms with E-state index in [-0.39, 0.29) is 12.0 Å². The van der Waals surface area contributed by atoms with E-state index in [0.29, 0.717) is 24.1 Å². The first-order valence-corrected chi connectivity index (χ1v) is 7.88. The minimum absolute atomic E-state index is 0.0233. The molecule has 3 N–H and O–H groups in total. The minimum atomic E-state index is -0.145. The normalized spacial score (nSPS) is 22.1. The number of para-hydroxylation sites is 1. The van der Waals surface area contributed by atoms with Crippen molar-refractivity contribution in [2.45, 2.75) is 51.7 Å². The van der Waals surface area contributed by atoms with Crippen molar-refractivity contribution in [1.29, 1.82) is 0 Å². The number of aliphatic hydroxyl groups is 1. The van der Waals surface area contributed by atoms with E-state index in [4.69, 9.17) is 0 Å². The quantitative estimate of drug-likeness (QED) is 0.781. The van der Waals surface area contributed by atoms with Crippen LogP contribution in [0.4, 0.5) is 5.69 Å². The number of hydrogen-bond acceptors (Lipinski definition) is 3. The van der Waals surface area contributed by atoms with Crippen LogP contribution in [0.15, 0.2) is 24.3 Å². The summed E-state index contributed by atoms with van der Waals surface area (Å²) in [7, 11) is 0. The number of amides is 1. The maximum absolute atomic E-state index is 12.4. The van der Waals surface area contributed by atoms with E-state index in [1.807, 2.05) is 24.3 Å². The fourth-order valence-corrected chi connectivity index (χ4v) is 2.80. The molecule has 116 valence electrons. The molecule has 0 saturated heterocycles. The van der Waals surface area contributed by atoms with Crippen molar-refractivity contribution in [1.82, 2.24) is 5.32 Å². The first kappa shape index (κ1) is 15.8. The Balaban J connectivity index is 1.91. The third-order valence-electron chi connectivity index (χ3n) is 3.98. The van der Waals surface area contributed by atoms with Gasteiger partial charge in [0.25, 0.3) is 5.91 Å². The van der Waals surface area contributed by atoms with E-state index < -0.39 is 0 Å². The number of nitrogens with one attached hydrogen (secondary N) is 2. The summed E-state index contributed by atoms with van der Waals surface area (Å²) < 4.78 is 0. The van der Waals surface area contributed by atoms with Crippen molar-refractivity contribution < 1.29 is 9.90 Å². The highest BCUT2D eigenvalue weighted by Crippen LogP contribution is 2.23. The zero-order valence-corrected chi connectivity index (χ0v) is 12.9. The fourth-order valence-electron chi connectivity index (χ4n) is 2.80. The Labute approximate surface area is 126 Å². The molecule has 1 aliphatic rings. The van der Waals surface area contributed by atoms with Crippen molar-refractivity contribution in [3.63, 3.8) is 0 Å². The van der Waals surface area contributed by atoms with Crippen LogP contribution >= 0.6 is 0 Å². The number of rotatable bonds is 5. The van der Waals surface area contributed by atoms with Gasteiger partial charge in [-0.2, -0.15) is 0 Å². The van der Waals surface area contributed by atoms with E-state index in [1.54, 1.807) is 0 Å². The molecular weight excluding hydrogens is 264 g/mol. The molecule has 0 radical (unpaired) electrons. The molecule has 4 heteroatoms. The van der Waals surface area contributed by atoms with Gasteiger partial charge >= 0.3 is 0 Å². The molecule has 4 nitrogen and oxygen atoms in total. The number of carbonyl (C=O) groups is 1. The van der Waals surface area contributed by atoms with Gasteiger partial charge in [-0.25, -0.2) is 0 Å². The van der Waals surface area contributed by atoms with Crippen molar-refractivity contribution >= 4 is 11.6 Å². The van der Waals surface area contributed by atoms with Crippen LogP contribution in [0.5, 0.6) is 0 Å². The number of anilines is 1. The Morgan fingerprint density at radius 2 is 1.90 bits per heavy atom. The molecule has 1 aliphatic carbocycles. The summed E-state index contributed by atoms with van der Waals surface area (Å²) in [5.41, 5.74) is 1.58. The third kappa shape index (κ3) is 4.74. The van der Waals surface area contributed by atoms with E-state index in [1.165, 1.54) is 0 Å². The van der Waals surface area contributed by atoms with Gasteiger partial charge in [-0.05, 0) is 57.6 Å². The number of aliphatic hydroxyl groups excluding tert-OH is 1. The van der Waals surface area contributed by atoms with Crippen LogP contribution in [0, 0.1) is 5.92 Å². The maximum atomic E-state index is 12.4. The highest BCUT2D eigenvalue weighted by Gasteiger charge is 2.20. The lowest BCUT2D eigenvalue weighted by Gasteiger charge is -2.25. The molecule has 0 spiro atoms. The second-order valence-corrected chi connectivity index (χ2v) is 6.23. The van der Waals surface area contributed by atoms with E-state index in [9.17, 15) is 9.90 Å². The molecule has 0 bridgehead atoms. The monoisotopic (exact) mass is 290 g/mol. The zero-order valence-electron chi connectivity index (χ0n) is 12.9. The van der Waals surface area contributed by atoms with Gasteiger partial charge in [-0.3, -0.25) is 4.79 Å². The van der Waals surface area contributed by atoms with Crippen LogP contribution in [-0.4, -0.2) is 29.7 Å². The highest BCUT2D eigenvalue weighted by atomic mass is 16.3. The Kier molecular flexibility index (Phi) is 5.62. The lowest BCUT2D eigenvalue weighted by Crippen LogP contribution is -2.32. The first-order valence-electron chi connectivity index (χ1n) is 7.88. The molecule has 1 saturated carbocycles. The summed E-state index contributed by atoms with van der Waals surface area (Å²) in [5, 5.41) is 15.8. The predicted molar refractivity (Wildman–Crippen MR) is 85.5 cm³/mol. The average molecular weight is 290 g/mol. The highest BCUT2D eigenvalue weighted by molar-refractivity contribution is 5.99. The maximum Gasteiger partial charge on any atom is 0.253 e. The summed E-state index contributed by atoms with van der Waals surface area (Å²) in [4.78, 5) is 12.4. The van der Waals surface area contributed by atoms with Gasteiger partial charge < -0.3 is 15.7 Å². The Morgan fingerprint density at radius 1 is 1.24 bits per heavy atom. The molecule has 1 fully saturated rings. The second kappa shape index (κ2) is 7.46. The van der Waals surface area contributed by atoms with Crippen LogP contribution in [0.2, 0.25) is 0 Å². The molecule has 0 atom stereocenters. The Hall–Kier alpha value is -1.55. The SMILES string of the molecule is CC(C)Nc1ccccc1C(=O)NCC1CCC(O)CC1. The smallest absolute Gasteiger partial charge is 0.253 e. The average Bonchev–Trinajstić information content (AvgIpc) is 2.46. The number of hydrogen-bond donors (Lipinski definition) is 3. The number of benzene rings is 1. The summed E-state index contributed by atoms with van der Waals surface area (Å²) >= 11 is 0. The molecule has 0 aromatic heterocycles. The lowest BCUT2D eigenvalue weighted by molar-refractivity contribution is 0.0911. The van der Waals surface area contributed by atoms with Crippen LogP contribution < -0.4 is 10.6 Å². The largest absolute Gasteiger partial charge is 0.393 e. The molecule has 0 unspecified atom stereocenters. The second-order valence-electron chi connectivity index (χ2n) is 6.23. The molecule has 21 heavy (non-hydrogen) atoms. The van der Waals surface area contributed by atoms with Gasteiger partial charge in [0.05, 0.1) is 11.7 Å². The van der Waals surface area contributed by atoms with E-state index in [0.717, 1.165) is 31.4 Å². The molecule has 2 rings (SSSR count). The van der Waals surface area contributed by atoms with Gasteiger partial charge in [0.2, 0.25) is 0 Å². The van der Waals surface area contributed by atoms with E-state index >= 15 is 0 Å². The fraction of sp³-hybridized carbons (Fsp3) is 0.588. The van der Waals surface area contributed by atoms with Crippen LogP contribution in [0.3, 0.4) is 0 Å². The first-order chi connectivity index (χ1) is 10.1. The summed E-state index contributed by atoms with van der Waals surface area (Å²) in [6.45, 7) is 4.81. The lowest BCUT2D eigenvalue weighted by atomic mass is 9.87. The number of carbonyl (C=O) groups excluding carboxylic acids is 1. The van der Waals surface area contributed by atoms with E-state index in [2.05, 4.69) is 24.5 Å². The van der Waals surface area contributed by atoms with Gasteiger partial charge in [0.15, 0.2) is 0 Å². The third-order valence-corrected chi connectivity index (χ3v) is 3.98. The van der Waals surface area contributed by atoms with Gasteiger partial charge in [0.1, 0.15) is 0 Å². The Morgan fingerprint density at radius 3 is 2.57 bits per heavy atom. The van der Waals surface area contributed by atoms with Crippen molar-refractivity contribution in [3.8, 4) is 0 Å². The summed E-state index contributed by atoms with van der Waals surface area (Å²) in [5.74, 6) is 0.465. The standard InChI is InChI=1S/C17H26N2O2/c1-12(2)19-16-6-4-3-5-15(16)17(21)18-11-13-7-9-14(20)10-8-13/h3-6,12-14,19-20H,7-11H2,1-2H3,(H,18,21).